The average Bonchev–Trinajstić information content (AvgIpc) is 3.64. The van der Waals surface area contributed by atoms with Crippen LogP contribution in [-0.2, 0) is 10.5 Å². The number of furan rings is 1. The van der Waals surface area contributed by atoms with Gasteiger partial charge >= 0.3 is 0 Å². The van der Waals surface area contributed by atoms with Gasteiger partial charge in [-0.15, -0.1) is 10.2 Å². The van der Waals surface area contributed by atoms with Crippen LogP contribution in [0.4, 0.5) is 5.13 Å². The van der Waals surface area contributed by atoms with E-state index in [1.165, 1.54) is 53.0 Å². The van der Waals surface area contributed by atoms with Gasteiger partial charge in [-0.1, -0.05) is 65.1 Å². The van der Waals surface area contributed by atoms with Crippen LogP contribution in [0.25, 0.3) is 0 Å². The third-order valence-corrected chi connectivity index (χ3v) is 7.82. The van der Waals surface area contributed by atoms with Gasteiger partial charge in [0.1, 0.15) is 5.75 Å². The number of Topliss-reactive ketones (excluding diaryl/α,β-unsaturated/α-hetero) is 1. The van der Waals surface area contributed by atoms with Crippen LogP contribution >= 0.6 is 23.1 Å². The van der Waals surface area contributed by atoms with Crippen molar-refractivity contribution in [3.63, 3.8) is 0 Å². The van der Waals surface area contributed by atoms with Crippen LogP contribution in [0.3, 0.4) is 0 Å². The number of hydrogen-bond donors (Lipinski definition) is 1. The average molecular weight is 520 g/mol. The minimum atomic E-state index is -0.937. The summed E-state index contributed by atoms with van der Waals surface area (Å²) in [6.45, 7) is 2.04. The fourth-order valence-electron chi connectivity index (χ4n) is 3.89. The minimum absolute atomic E-state index is 0.0192. The number of nitrogens with zero attached hydrogens (tertiary/aromatic N) is 3. The topological polar surface area (TPSA) is 106 Å². The first-order chi connectivity index (χ1) is 17.5. The van der Waals surface area contributed by atoms with E-state index in [4.69, 9.17) is 9.15 Å². The molecule has 0 bridgehead atoms. The van der Waals surface area contributed by atoms with E-state index < -0.39 is 23.5 Å². The van der Waals surface area contributed by atoms with Crippen molar-refractivity contribution in [2.75, 3.05) is 12.0 Å². The molecule has 1 aliphatic rings. The Balaban J connectivity index is 1.49. The monoisotopic (exact) mass is 519 g/mol. The number of rotatable bonds is 8. The molecule has 0 radical (unpaired) electrons. The summed E-state index contributed by atoms with van der Waals surface area (Å²) in [6, 6.07) is 17.3. The van der Waals surface area contributed by atoms with Crippen molar-refractivity contribution in [1.82, 2.24) is 10.2 Å². The summed E-state index contributed by atoms with van der Waals surface area (Å²) in [7, 11) is 1.53. The Labute approximate surface area is 215 Å². The van der Waals surface area contributed by atoms with Crippen LogP contribution in [0.1, 0.15) is 33.3 Å². The maximum Gasteiger partial charge on any atom is 0.296 e. The number of amides is 1. The number of methoxy groups -OCH3 is 1. The van der Waals surface area contributed by atoms with Crippen LogP contribution in [0.2, 0.25) is 0 Å². The molecule has 5 rings (SSSR count). The number of aryl methyl sites for hydroxylation is 1. The third-order valence-electron chi connectivity index (χ3n) is 5.69. The highest BCUT2D eigenvalue weighted by molar-refractivity contribution is 8.00. The van der Waals surface area contributed by atoms with E-state index in [9.17, 15) is 14.7 Å². The van der Waals surface area contributed by atoms with Gasteiger partial charge in [0.05, 0.1) is 25.0 Å². The number of anilines is 1. The Kier molecular flexibility index (Phi) is 6.62. The van der Waals surface area contributed by atoms with E-state index in [1.54, 1.807) is 30.3 Å². The highest BCUT2D eigenvalue weighted by atomic mass is 32.2. The molecule has 4 aromatic rings. The molecule has 1 N–H and O–H groups in total. The molecule has 8 nitrogen and oxygen atoms in total. The van der Waals surface area contributed by atoms with Crippen LogP contribution in [0.5, 0.6) is 5.75 Å². The lowest BCUT2D eigenvalue weighted by atomic mass is 9.95. The molecule has 1 aliphatic heterocycles. The van der Waals surface area contributed by atoms with Gasteiger partial charge in [-0.05, 0) is 42.3 Å². The lowest BCUT2D eigenvalue weighted by molar-refractivity contribution is -0.117. The van der Waals surface area contributed by atoms with Crippen molar-refractivity contribution >= 4 is 39.9 Å². The molecule has 0 spiro atoms. The van der Waals surface area contributed by atoms with Crippen molar-refractivity contribution in [2.45, 2.75) is 23.1 Å². The van der Waals surface area contributed by atoms with Gasteiger partial charge in [0, 0.05) is 5.75 Å². The molecule has 1 unspecified atom stereocenters. The van der Waals surface area contributed by atoms with Gasteiger partial charge in [-0.2, -0.15) is 0 Å². The fourth-order valence-corrected chi connectivity index (χ4v) is 5.71. The van der Waals surface area contributed by atoms with Crippen LogP contribution < -0.4 is 9.64 Å². The summed E-state index contributed by atoms with van der Waals surface area (Å²) in [5, 5.41) is 19.6. The maximum absolute atomic E-state index is 13.3. The molecule has 0 saturated carbocycles. The van der Waals surface area contributed by atoms with Gasteiger partial charge in [-0.25, -0.2) is 0 Å². The highest BCUT2D eigenvalue weighted by Gasteiger charge is 2.46. The third kappa shape index (κ3) is 4.52. The first-order valence-corrected chi connectivity index (χ1v) is 12.8. The lowest BCUT2D eigenvalue weighted by Crippen LogP contribution is -2.31. The number of aliphatic hydroxyl groups is 1. The number of aliphatic hydroxyl groups excluding tert-OH is 1. The number of hydrogen-bond acceptors (Lipinski definition) is 9. The Morgan fingerprint density at radius 1 is 1.17 bits per heavy atom. The highest BCUT2D eigenvalue weighted by Crippen LogP contribution is 2.44. The van der Waals surface area contributed by atoms with E-state index >= 15 is 0 Å². The number of ketones is 1. The fraction of sp³-hybridized carbons (Fsp3) is 0.154. The first kappa shape index (κ1) is 23.8. The maximum atomic E-state index is 13.3. The van der Waals surface area contributed by atoms with E-state index in [2.05, 4.69) is 34.5 Å². The largest absolute Gasteiger partial charge is 0.503 e. The van der Waals surface area contributed by atoms with Crippen molar-refractivity contribution in [1.29, 1.82) is 0 Å². The predicted molar refractivity (Wildman–Crippen MR) is 137 cm³/mol. The molecule has 3 heterocycles. The van der Waals surface area contributed by atoms with Crippen molar-refractivity contribution in [2.24, 2.45) is 0 Å². The molecule has 1 amide bonds. The molecule has 0 aliphatic carbocycles. The number of ether oxygens (including phenoxy) is 1. The predicted octanol–water partition coefficient (Wildman–Crippen LogP) is 5.52. The zero-order valence-electron chi connectivity index (χ0n) is 19.4. The number of carbonyl (C=O) groups excluding carboxylic acids is 2. The molecule has 0 saturated heterocycles. The number of thioether (sulfide) groups is 1. The summed E-state index contributed by atoms with van der Waals surface area (Å²) in [5.41, 5.74) is 2.81. The first-order valence-electron chi connectivity index (χ1n) is 11.0. The Morgan fingerprint density at radius 3 is 2.69 bits per heavy atom. The molecular formula is C26H21N3O5S2. The summed E-state index contributed by atoms with van der Waals surface area (Å²) >= 11 is 2.72. The SMILES string of the molecule is COc1cccc(C2C(C(=O)c3ccco3)=C(O)C(=O)N2c2nnc(SCc3ccc(C)cc3)s2)c1. The summed E-state index contributed by atoms with van der Waals surface area (Å²) in [4.78, 5) is 27.9. The van der Waals surface area contributed by atoms with Crippen LogP contribution in [-0.4, -0.2) is 34.1 Å². The Morgan fingerprint density at radius 2 is 1.97 bits per heavy atom. The van der Waals surface area contributed by atoms with E-state index in [0.29, 0.717) is 21.4 Å². The number of aromatic nitrogens is 2. The molecule has 1 atom stereocenters. The van der Waals surface area contributed by atoms with Gasteiger partial charge in [0.2, 0.25) is 10.9 Å². The smallest absolute Gasteiger partial charge is 0.296 e. The van der Waals surface area contributed by atoms with Gasteiger partial charge in [0.25, 0.3) is 5.91 Å². The Bertz CT molecular complexity index is 1440. The van der Waals surface area contributed by atoms with Crippen molar-refractivity contribution in [3.05, 3.63) is 101 Å². The molecule has 10 heteroatoms. The van der Waals surface area contributed by atoms with E-state index in [1.807, 2.05) is 6.92 Å². The second-order valence-corrected chi connectivity index (χ2v) is 10.2. The standard InChI is InChI=1S/C26H21N3O5S2/c1-15-8-10-16(11-9-15)14-35-26-28-27-25(36-26)29-21(17-5-3-6-18(13-17)33-2)20(23(31)24(29)32)22(30)19-7-4-12-34-19/h3-13,21,31H,14H2,1-2H3. The molecule has 0 fully saturated rings. The second-order valence-electron chi connectivity index (χ2n) is 8.05. The molecule has 182 valence electrons. The molecule has 36 heavy (non-hydrogen) atoms. The lowest BCUT2D eigenvalue weighted by Gasteiger charge is -2.24. The molecular weight excluding hydrogens is 498 g/mol. The normalized spacial score (nSPS) is 15.6. The van der Waals surface area contributed by atoms with Gasteiger partial charge in [-0.3, -0.25) is 14.5 Å². The van der Waals surface area contributed by atoms with Crippen LogP contribution in [0.15, 0.2) is 87.0 Å². The minimum Gasteiger partial charge on any atom is -0.503 e. The molecule has 2 aromatic heterocycles. The van der Waals surface area contributed by atoms with Crippen molar-refractivity contribution < 1.29 is 23.8 Å². The zero-order valence-corrected chi connectivity index (χ0v) is 21.0. The van der Waals surface area contributed by atoms with Crippen molar-refractivity contribution in [3.8, 4) is 5.75 Å². The van der Waals surface area contributed by atoms with E-state index in [0.717, 1.165) is 5.56 Å². The Hall–Kier alpha value is -3.89. The van der Waals surface area contributed by atoms with Crippen LogP contribution in [0, 0.1) is 6.92 Å². The van der Waals surface area contributed by atoms with Gasteiger partial charge < -0.3 is 14.3 Å². The number of benzene rings is 2. The number of carbonyl (C=O) groups is 2. The summed E-state index contributed by atoms with van der Waals surface area (Å²) in [5.74, 6) is -0.709. The quantitative estimate of drug-likeness (QED) is 0.184. The zero-order chi connectivity index (χ0) is 25.2. The molecule has 2 aromatic carbocycles. The van der Waals surface area contributed by atoms with E-state index in [-0.39, 0.29) is 16.5 Å². The second kappa shape index (κ2) is 10.00. The van der Waals surface area contributed by atoms with Gasteiger partial charge in [0.15, 0.2) is 15.9 Å². The summed E-state index contributed by atoms with van der Waals surface area (Å²) < 4.78 is 11.3. The summed E-state index contributed by atoms with van der Waals surface area (Å²) in [6.07, 6.45) is 1.36.